The van der Waals surface area contributed by atoms with Gasteiger partial charge in [0.2, 0.25) is 5.91 Å². The van der Waals surface area contributed by atoms with Gasteiger partial charge in [0.25, 0.3) is 0 Å². The molecule has 104 valence electrons. The highest BCUT2D eigenvalue weighted by molar-refractivity contribution is 7.99. The van der Waals surface area contributed by atoms with Crippen LogP contribution < -0.4 is 11.1 Å². The molecular formula is C15H22N2OS. The molecule has 0 aromatic heterocycles. The van der Waals surface area contributed by atoms with Gasteiger partial charge in [-0.05, 0) is 30.5 Å². The van der Waals surface area contributed by atoms with Crippen molar-refractivity contribution < 1.29 is 4.79 Å². The quantitative estimate of drug-likeness (QED) is 0.840. The van der Waals surface area contributed by atoms with E-state index in [-0.39, 0.29) is 5.91 Å². The first-order valence-electron chi connectivity index (χ1n) is 6.98. The zero-order chi connectivity index (χ0) is 13.5. The van der Waals surface area contributed by atoms with Crippen molar-refractivity contribution in [2.75, 3.05) is 11.9 Å². The average molecular weight is 278 g/mol. The molecule has 1 amide bonds. The fraction of sp³-hybridized carbons (Fsp3) is 0.533. The number of thioether (sulfide) groups is 1. The van der Waals surface area contributed by atoms with Crippen molar-refractivity contribution in [1.29, 1.82) is 0 Å². The van der Waals surface area contributed by atoms with Crippen LogP contribution in [0.15, 0.2) is 24.3 Å². The molecule has 0 radical (unpaired) electrons. The van der Waals surface area contributed by atoms with Crippen LogP contribution in [0.5, 0.6) is 0 Å². The first kappa shape index (κ1) is 14.4. The van der Waals surface area contributed by atoms with Crippen molar-refractivity contribution in [3.05, 3.63) is 29.8 Å². The molecule has 0 bridgehead atoms. The van der Waals surface area contributed by atoms with Gasteiger partial charge in [-0.2, -0.15) is 11.8 Å². The van der Waals surface area contributed by atoms with Crippen molar-refractivity contribution in [3.8, 4) is 0 Å². The molecule has 1 aliphatic rings. The summed E-state index contributed by atoms with van der Waals surface area (Å²) in [6, 6.07) is 8.12. The first-order valence-corrected chi connectivity index (χ1v) is 8.03. The Kier molecular flexibility index (Phi) is 5.73. The lowest BCUT2D eigenvalue weighted by atomic mass is 10.2. The topological polar surface area (TPSA) is 55.1 Å². The van der Waals surface area contributed by atoms with Gasteiger partial charge >= 0.3 is 0 Å². The Morgan fingerprint density at radius 3 is 2.89 bits per heavy atom. The molecule has 2 rings (SSSR count). The molecule has 1 aromatic carbocycles. The molecule has 3 N–H and O–H groups in total. The number of amides is 1. The minimum Gasteiger partial charge on any atom is -0.330 e. The number of rotatable bonds is 6. The summed E-state index contributed by atoms with van der Waals surface area (Å²) < 4.78 is 0. The normalized spacial score (nSPS) is 15.6. The van der Waals surface area contributed by atoms with E-state index in [9.17, 15) is 4.79 Å². The molecule has 1 aromatic rings. The Balaban J connectivity index is 1.85. The lowest BCUT2D eigenvalue weighted by Crippen LogP contribution is -2.16. The molecule has 1 aliphatic carbocycles. The smallest absolute Gasteiger partial charge is 0.225 e. The second-order valence-corrected chi connectivity index (χ2v) is 6.29. The van der Waals surface area contributed by atoms with Crippen LogP contribution in [0.1, 0.15) is 37.7 Å². The van der Waals surface area contributed by atoms with Gasteiger partial charge in [-0.25, -0.2) is 0 Å². The summed E-state index contributed by atoms with van der Waals surface area (Å²) in [5.74, 6) is 1.02. The highest BCUT2D eigenvalue weighted by Gasteiger charge is 2.15. The van der Waals surface area contributed by atoms with E-state index in [0.29, 0.717) is 13.0 Å². The zero-order valence-electron chi connectivity index (χ0n) is 11.2. The molecule has 0 unspecified atom stereocenters. The molecule has 0 aliphatic heterocycles. The van der Waals surface area contributed by atoms with Crippen LogP contribution in [0.25, 0.3) is 0 Å². The second kappa shape index (κ2) is 7.56. The van der Waals surface area contributed by atoms with E-state index in [1.807, 2.05) is 23.9 Å². The van der Waals surface area contributed by atoms with E-state index < -0.39 is 0 Å². The third-order valence-corrected chi connectivity index (χ3v) is 4.81. The van der Waals surface area contributed by atoms with Crippen LogP contribution in [0.4, 0.5) is 5.69 Å². The second-order valence-electron chi connectivity index (χ2n) is 5.00. The molecule has 0 heterocycles. The maximum Gasteiger partial charge on any atom is 0.225 e. The van der Waals surface area contributed by atoms with Crippen LogP contribution in [0.2, 0.25) is 0 Å². The Hall–Kier alpha value is -1.00. The molecule has 1 fully saturated rings. The minimum atomic E-state index is -0.0110. The maximum atomic E-state index is 11.5. The Morgan fingerprint density at radius 1 is 1.37 bits per heavy atom. The van der Waals surface area contributed by atoms with E-state index in [2.05, 4.69) is 17.4 Å². The van der Waals surface area contributed by atoms with E-state index in [1.54, 1.807) is 0 Å². The Bertz CT molecular complexity index is 416. The molecule has 4 heteroatoms. The van der Waals surface area contributed by atoms with Crippen molar-refractivity contribution in [2.45, 2.75) is 43.1 Å². The van der Waals surface area contributed by atoms with Gasteiger partial charge in [-0.1, -0.05) is 25.0 Å². The third-order valence-electron chi connectivity index (χ3n) is 3.37. The van der Waals surface area contributed by atoms with Crippen molar-refractivity contribution >= 4 is 23.4 Å². The van der Waals surface area contributed by atoms with Gasteiger partial charge in [-0.15, -0.1) is 0 Å². The summed E-state index contributed by atoms with van der Waals surface area (Å²) in [6.07, 6.45) is 5.86. The average Bonchev–Trinajstić information content (AvgIpc) is 2.90. The molecule has 19 heavy (non-hydrogen) atoms. The lowest BCUT2D eigenvalue weighted by Gasteiger charge is -2.10. The SMILES string of the molecule is NCCC(=O)Nc1cccc(CSC2CCCC2)c1. The predicted octanol–water partition coefficient (Wildman–Crippen LogP) is 3.15. The number of anilines is 1. The lowest BCUT2D eigenvalue weighted by molar-refractivity contribution is -0.116. The summed E-state index contributed by atoms with van der Waals surface area (Å²) in [5.41, 5.74) is 7.52. The number of nitrogens with two attached hydrogens (primary N) is 1. The number of carbonyl (C=O) groups is 1. The Morgan fingerprint density at radius 2 is 2.16 bits per heavy atom. The standard InChI is InChI=1S/C15H22N2OS/c16-9-8-15(18)17-13-5-3-4-12(10-13)11-19-14-6-1-2-7-14/h3-5,10,14H,1-2,6-9,11,16H2,(H,17,18). The Labute approximate surface area is 119 Å². The van der Waals surface area contributed by atoms with Gasteiger partial charge in [0.15, 0.2) is 0 Å². The van der Waals surface area contributed by atoms with Gasteiger partial charge < -0.3 is 11.1 Å². The highest BCUT2D eigenvalue weighted by atomic mass is 32.2. The fourth-order valence-electron chi connectivity index (χ4n) is 2.36. The minimum absolute atomic E-state index is 0.0110. The first-order chi connectivity index (χ1) is 9.28. The number of nitrogens with one attached hydrogen (secondary N) is 1. The largest absolute Gasteiger partial charge is 0.330 e. The number of carbonyl (C=O) groups excluding carboxylic acids is 1. The summed E-state index contributed by atoms with van der Waals surface area (Å²) in [4.78, 5) is 11.5. The number of hydrogen-bond acceptors (Lipinski definition) is 3. The summed E-state index contributed by atoms with van der Waals surface area (Å²) in [6.45, 7) is 0.392. The monoisotopic (exact) mass is 278 g/mol. The molecule has 3 nitrogen and oxygen atoms in total. The van der Waals surface area contributed by atoms with Crippen molar-refractivity contribution in [2.24, 2.45) is 5.73 Å². The van der Waals surface area contributed by atoms with Crippen molar-refractivity contribution in [1.82, 2.24) is 0 Å². The predicted molar refractivity (Wildman–Crippen MR) is 82.3 cm³/mol. The van der Waals surface area contributed by atoms with Gasteiger partial charge in [0.1, 0.15) is 0 Å². The summed E-state index contributed by atoms with van der Waals surface area (Å²) in [7, 11) is 0. The van der Waals surface area contributed by atoms with Gasteiger partial charge in [0, 0.05) is 29.7 Å². The van der Waals surface area contributed by atoms with E-state index >= 15 is 0 Å². The van der Waals surface area contributed by atoms with Crippen molar-refractivity contribution in [3.63, 3.8) is 0 Å². The van der Waals surface area contributed by atoms with E-state index in [1.165, 1.54) is 31.2 Å². The van der Waals surface area contributed by atoms with Crippen LogP contribution in [-0.4, -0.2) is 17.7 Å². The van der Waals surface area contributed by atoms with Crippen LogP contribution in [-0.2, 0) is 10.5 Å². The van der Waals surface area contributed by atoms with Crippen LogP contribution >= 0.6 is 11.8 Å². The molecule has 0 atom stereocenters. The number of benzene rings is 1. The van der Waals surface area contributed by atoms with Crippen LogP contribution in [0.3, 0.4) is 0 Å². The summed E-state index contributed by atoms with van der Waals surface area (Å²) in [5, 5.41) is 3.71. The third kappa shape index (κ3) is 4.88. The molecule has 0 saturated heterocycles. The molecule has 1 saturated carbocycles. The maximum absolute atomic E-state index is 11.5. The molecule has 0 spiro atoms. The zero-order valence-corrected chi connectivity index (χ0v) is 12.0. The molecular weight excluding hydrogens is 256 g/mol. The summed E-state index contributed by atoms with van der Waals surface area (Å²) >= 11 is 2.04. The van der Waals surface area contributed by atoms with Gasteiger partial charge in [-0.3, -0.25) is 4.79 Å². The van der Waals surface area contributed by atoms with E-state index in [0.717, 1.165) is 16.7 Å². The number of hydrogen-bond donors (Lipinski definition) is 2. The highest BCUT2D eigenvalue weighted by Crippen LogP contribution is 2.31. The fourth-order valence-corrected chi connectivity index (χ4v) is 3.64. The van der Waals surface area contributed by atoms with E-state index in [4.69, 9.17) is 5.73 Å². The van der Waals surface area contributed by atoms with Gasteiger partial charge in [0.05, 0.1) is 0 Å². The van der Waals surface area contributed by atoms with Crippen LogP contribution in [0, 0.1) is 0 Å².